The Morgan fingerprint density at radius 3 is 2.69 bits per heavy atom. The molecule has 26 heavy (non-hydrogen) atoms. The maximum Gasteiger partial charge on any atom is 0.191 e. The van der Waals surface area contributed by atoms with Crippen LogP contribution >= 0.6 is 11.3 Å². The number of guanidine groups is 1. The van der Waals surface area contributed by atoms with E-state index in [0.717, 1.165) is 35.8 Å². The lowest BCUT2D eigenvalue weighted by molar-refractivity contribution is 0.318. The van der Waals surface area contributed by atoms with Crippen molar-refractivity contribution in [3.8, 4) is 5.75 Å². The van der Waals surface area contributed by atoms with E-state index in [1.54, 1.807) is 11.3 Å². The van der Waals surface area contributed by atoms with Crippen LogP contribution in [0.3, 0.4) is 0 Å². The number of nitrogens with one attached hydrogen (secondary N) is 2. The SMILES string of the molecule is CCNC(=NCCc1nc(C)c(C)s1)NCCOc1ccc(F)c(F)c1. The first-order valence-corrected chi connectivity index (χ1v) is 9.34. The first-order valence-electron chi connectivity index (χ1n) is 8.52. The van der Waals surface area contributed by atoms with E-state index in [1.807, 2.05) is 13.8 Å². The average molecular weight is 382 g/mol. The maximum atomic E-state index is 13.1. The second kappa shape index (κ2) is 10.1. The minimum absolute atomic E-state index is 0.294. The highest BCUT2D eigenvalue weighted by Crippen LogP contribution is 2.17. The smallest absolute Gasteiger partial charge is 0.191 e. The molecule has 2 aromatic rings. The lowest BCUT2D eigenvalue weighted by atomic mass is 10.3. The van der Waals surface area contributed by atoms with Crippen molar-refractivity contribution in [3.63, 3.8) is 0 Å². The molecule has 0 aliphatic heterocycles. The molecule has 0 bridgehead atoms. The molecular formula is C18H24F2N4OS. The normalized spacial score (nSPS) is 11.5. The summed E-state index contributed by atoms with van der Waals surface area (Å²) in [6, 6.07) is 3.48. The molecule has 1 heterocycles. The highest BCUT2D eigenvalue weighted by atomic mass is 32.1. The average Bonchev–Trinajstić information content (AvgIpc) is 2.92. The van der Waals surface area contributed by atoms with Crippen molar-refractivity contribution in [2.24, 2.45) is 4.99 Å². The van der Waals surface area contributed by atoms with Crippen LogP contribution in [0.4, 0.5) is 8.78 Å². The van der Waals surface area contributed by atoms with Crippen LogP contribution in [0.2, 0.25) is 0 Å². The molecule has 0 saturated heterocycles. The fourth-order valence-corrected chi connectivity index (χ4v) is 3.08. The molecule has 8 heteroatoms. The molecule has 1 aromatic heterocycles. The van der Waals surface area contributed by atoms with Gasteiger partial charge in [0.15, 0.2) is 17.6 Å². The molecule has 0 fully saturated rings. The summed E-state index contributed by atoms with van der Waals surface area (Å²) in [7, 11) is 0. The van der Waals surface area contributed by atoms with Crippen molar-refractivity contribution >= 4 is 17.3 Å². The van der Waals surface area contributed by atoms with Crippen LogP contribution in [0.15, 0.2) is 23.2 Å². The standard InChI is InChI=1S/C18H24F2N4OS/c1-4-21-18(22-8-7-17-24-12(2)13(3)26-17)23-9-10-25-14-5-6-15(19)16(20)11-14/h5-6,11H,4,7-10H2,1-3H3,(H2,21,22,23). The van der Waals surface area contributed by atoms with Crippen LogP contribution in [0.1, 0.15) is 22.5 Å². The van der Waals surface area contributed by atoms with Gasteiger partial charge in [-0.15, -0.1) is 11.3 Å². The molecule has 0 saturated carbocycles. The van der Waals surface area contributed by atoms with Gasteiger partial charge in [0.1, 0.15) is 12.4 Å². The molecule has 2 rings (SSSR count). The van der Waals surface area contributed by atoms with Gasteiger partial charge in [0.25, 0.3) is 0 Å². The first-order chi connectivity index (χ1) is 12.5. The number of halogens is 2. The van der Waals surface area contributed by atoms with Gasteiger partial charge in [0, 0.05) is 30.5 Å². The Balaban J connectivity index is 1.76. The number of hydrogen-bond donors (Lipinski definition) is 2. The molecule has 0 spiro atoms. The molecule has 1 aromatic carbocycles. The second-order valence-electron chi connectivity index (χ2n) is 5.61. The third-order valence-electron chi connectivity index (χ3n) is 3.57. The molecular weight excluding hydrogens is 358 g/mol. The Morgan fingerprint density at radius 1 is 1.23 bits per heavy atom. The van der Waals surface area contributed by atoms with Crippen LogP contribution in [0, 0.1) is 25.5 Å². The van der Waals surface area contributed by atoms with E-state index in [1.165, 1.54) is 10.9 Å². The van der Waals surface area contributed by atoms with Gasteiger partial charge in [-0.1, -0.05) is 0 Å². The topological polar surface area (TPSA) is 58.5 Å². The number of hydrogen-bond acceptors (Lipinski definition) is 4. The predicted octanol–water partition coefficient (Wildman–Crippen LogP) is 3.21. The molecule has 0 aliphatic rings. The Kier molecular flexibility index (Phi) is 7.77. The monoisotopic (exact) mass is 382 g/mol. The zero-order valence-electron chi connectivity index (χ0n) is 15.2. The number of benzene rings is 1. The zero-order valence-corrected chi connectivity index (χ0v) is 16.1. The molecule has 0 aliphatic carbocycles. The summed E-state index contributed by atoms with van der Waals surface area (Å²) in [5.41, 5.74) is 1.08. The predicted molar refractivity (Wildman–Crippen MR) is 101 cm³/mol. The maximum absolute atomic E-state index is 13.1. The van der Waals surface area contributed by atoms with Gasteiger partial charge in [-0.05, 0) is 32.9 Å². The van der Waals surface area contributed by atoms with Gasteiger partial charge >= 0.3 is 0 Å². The lowest BCUT2D eigenvalue weighted by Crippen LogP contribution is -2.39. The molecule has 5 nitrogen and oxygen atoms in total. The van der Waals surface area contributed by atoms with Crippen molar-refractivity contribution in [1.82, 2.24) is 15.6 Å². The lowest BCUT2D eigenvalue weighted by Gasteiger charge is -2.12. The number of aliphatic imine (C=N–C) groups is 1. The number of aryl methyl sites for hydroxylation is 2. The minimum atomic E-state index is -0.918. The van der Waals surface area contributed by atoms with Crippen LogP contribution in [0.5, 0.6) is 5.75 Å². The van der Waals surface area contributed by atoms with Gasteiger partial charge < -0.3 is 15.4 Å². The summed E-state index contributed by atoms with van der Waals surface area (Å²) in [5.74, 6) is -0.825. The number of thiazole rings is 1. The fourth-order valence-electron chi connectivity index (χ4n) is 2.16. The third kappa shape index (κ3) is 6.25. The van der Waals surface area contributed by atoms with Gasteiger partial charge in [-0.3, -0.25) is 4.99 Å². The van der Waals surface area contributed by atoms with E-state index in [-0.39, 0.29) is 0 Å². The molecule has 0 amide bonds. The van der Waals surface area contributed by atoms with Crippen molar-refractivity contribution < 1.29 is 13.5 Å². The van der Waals surface area contributed by atoms with Crippen molar-refractivity contribution in [1.29, 1.82) is 0 Å². The number of aromatic nitrogens is 1. The summed E-state index contributed by atoms with van der Waals surface area (Å²) in [4.78, 5) is 10.3. The van der Waals surface area contributed by atoms with Crippen molar-refractivity contribution in [2.75, 3.05) is 26.2 Å². The summed E-state index contributed by atoms with van der Waals surface area (Å²) >= 11 is 1.70. The highest BCUT2D eigenvalue weighted by Gasteiger charge is 2.05. The van der Waals surface area contributed by atoms with E-state index < -0.39 is 11.6 Å². The van der Waals surface area contributed by atoms with Crippen LogP contribution < -0.4 is 15.4 Å². The molecule has 0 unspecified atom stereocenters. The quantitative estimate of drug-likeness (QED) is 0.418. The third-order valence-corrected chi connectivity index (χ3v) is 4.70. The van der Waals surface area contributed by atoms with Gasteiger partial charge in [0.05, 0.1) is 17.2 Å². The molecule has 0 atom stereocenters. The number of nitrogens with zero attached hydrogens (tertiary/aromatic N) is 2. The van der Waals surface area contributed by atoms with Crippen molar-refractivity contribution in [2.45, 2.75) is 27.2 Å². The Hall–Kier alpha value is -2.22. The minimum Gasteiger partial charge on any atom is -0.492 e. The highest BCUT2D eigenvalue weighted by molar-refractivity contribution is 7.11. The van der Waals surface area contributed by atoms with Gasteiger partial charge in [0.2, 0.25) is 0 Å². The molecule has 142 valence electrons. The summed E-state index contributed by atoms with van der Waals surface area (Å²) in [6.45, 7) is 8.23. The first kappa shape index (κ1) is 20.1. The van der Waals surface area contributed by atoms with E-state index in [4.69, 9.17) is 4.74 Å². The largest absolute Gasteiger partial charge is 0.492 e. The molecule has 2 N–H and O–H groups in total. The summed E-state index contributed by atoms with van der Waals surface area (Å²) in [5, 5.41) is 7.39. The van der Waals surface area contributed by atoms with E-state index in [0.29, 0.717) is 31.4 Å². The Bertz CT molecular complexity index is 729. The number of rotatable bonds is 8. The van der Waals surface area contributed by atoms with E-state index >= 15 is 0 Å². The van der Waals surface area contributed by atoms with Crippen LogP contribution in [-0.2, 0) is 6.42 Å². The molecule has 0 radical (unpaired) electrons. The van der Waals surface area contributed by atoms with Gasteiger partial charge in [-0.25, -0.2) is 13.8 Å². The van der Waals surface area contributed by atoms with E-state index in [9.17, 15) is 8.78 Å². The van der Waals surface area contributed by atoms with Crippen molar-refractivity contribution in [3.05, 3.63) is 45.4 Å². The fraction of sp³-hybridized carbons (Fsp3) is 0.444. The Morgan fingerprint density at radius 2 is 2.04 bits per heavy atom. The van der Waals surface area contributed by atoms with E-state index in [2.05, 4.69) is 27.5 Å². The second-order valence-corrected chi connectivity index (χ2v) is 6.90. The number of ether oxygens (including phenoxy) is 1. The summed E-state index contributed by atoms with van der Waals surface area (Å²) < 4.78 is 31.4. The van der Waals surface area contributed by atoms with Crippen LogP contribution in [-0.4, -0.2) is 37.2 Å². The zero-order chi connectivity index (χ0) is 18.9. The van der Waals surface area contributed by atoms with Crippen LogP contribution in [0.25, 0.3) is 0 Å². The Labute approximate surface area is 156 Å². The van der Waals surface area contributed by atoms with Gasteiger partial charge in [-0.2, -0.15) is 0 Å². The summed E-state index contributed by atoms with van der Waals surface area (Å²) in [6.07, 6.45) is 0.793.